The Bertz CT molecular complexity index is 905. The summed E-state index contributed by atoms with van der Waals surface area (Å²) >= 11 is 0. The van der Waals surface area contributed by atoms with E-state index in [1.165, 1.54) is 30.3 Å². The minimum absolute atomic E-state index is 0.131. The zero-order valence-corrected chi connectivity index (χ0v) is 12.4. The molecule has 0 amide bonds. The van der Waals surface area contributed by atoms with Crippen LogP contribution in [0.5, 0.6) is 5.75 Å². The molecule has 1 aromatic heterocycles. The normalized spacial score (nSPS) is 11.3. The molecular formula is C16H10F3N3O3. The molecule has 0 fully saturated rings. The molecule has 9 heteroatoms. The highest BCUT2D eigenvalue weighted by atomic mass is 19.4. The Kier molecular flexibility index (Phi) is 4.14. The number of benzene rings is 2. The second-order valence-electron chi connectivity index (χ2n) is 4.93. The van der Waals surface area contributed by atoms with Crippen LogP contribution in [0.25, 0.3) is 16.8 Å². The van der Waals surface area contributed by atoms with Crippen LogP contribution in [0.3, 0.4) is 0 Å². The number of halogens is 3. The van der Waals surface area contributed by atoms with E-state index >= 15 is 0 Å². The van der Waals surface area contributed by atoms with Gasteiger partial charge in [-0.25, -0.2) is 9.48 Å². The van der Waals surface area contributed by atoms with Gasteiger partial charge in [-0.15, -0.1) is 18.3 Å². The Morgan fingerprint density at radius 2 is 1.76 bits per heavy atom. The highest BCUT2D eigenvalue weighted by Gasteiger charge is 2.32. The van der Waals surface area contributed by atoms with Crippen LogP contribution in [-0.4, -0.2) is 32.4 Å². The number of ether oxygens (including phenoxy) is 1. The molecule has 0 aliphatic rings. The van der Waals surface area contributed by atoms with Crippen LogP contribution in [0.4, 0.5) is 13.2 Å². The molecule has 0 spiro atoms. The van der Waals surface area contributed by atoms with E-state index in [9.17, 15) is 18.0 Å². The molecule has 3 rings (SSSR count). The molecule has 0 aliphatic heterocycles. The monoisotopic (exact) mass is 349 g/mol. The van der Waals surface area contributed by atoms with Crippen LogP contribution < -0.4 is 4.74 Å². The Morgan fingerprint density at radius 1 is 1.08 bits per heavy atom. The summed E-state index contributed by atoms with van der Waals surface area (Å²) in [4.78, 5) is 11.1. The molecular weight excluding hydrogens is 339 g/mol. The van der Waals surface area contributed by atoms with Gasteiger partial charge < -0.3 is 9.84 Å². The predicted molar refractivity (Wildman–Crippen MR) is 80.4 cm³/mol. The molecule has 6 nitrogen and oxygen atoms in total. The zero-order chi connectivity index (χ0) is 18.0. The fourth-order valence-corrected chi connectivity index (χ4v) is 2.27. The summed E-state index contributed by atoms with van der Waals surface area (Å²) < 4.78 is 42.7. The van der Waals surface area contributed by atoms with Crippen molar-refractivity contribution in [2.75, 3.05) is 0 Å². The highest BCUT2D eigenvalue weighted by molar-refractivity contribution is 5.86. The van der Waals surface area contributed by atoms with Crippen molar-refractivity contribution in [1.82, 2.24) is 15.0 Å². The average Bonchev–Trinajstić information content (AvgIpc) is 3.04. The number of aromatic nitrogens is 3. The van der Waals surface area contributed by atoms with E-state index in [0.29, 0.717) is 11.3 Å². The van der Waals surface area contributed by atoms with Crippen molar-refractivity contribution in [2.24, 2.45) is 0 Å². The molecule has 1 N–H and O–H groups in total. The van der Waals surface area contributed by atoms with Crippen LogP contribution in [0.1, 0.15) is 10.5 Å². The van der Waals surface area contributed by atoms with Gasteiger partial charge in [-0.2, -0.15) is 0 Å². The van der Waals surface area contributed by atoms with Crippen LogP contribution in [-0.2, 0) is 0 Å². The van der Waals surface area contributed by atoms with Crippen molar-refractivity contribution in [2.45, 2.75) is 6.36 Å². The van der Waals surface area contributed by atoms with E-state index in [0.717, 1.165) is 10.9 Å². The Balaban J connectivity index is 1.96. The predicted octanol–water partition coefficient (Wildman–Crippen LogP) is 3.53. The van der Waals surface area contributed by atoms with Gasteiger partial charge in [-0.1, -0.05) is 35.5 Å². The van der Waals surface area contributed by atoms with Gasteiger partial charge in [0.25, 0.3) is 0 Å². The average molecular weight is 349 g/mol. The summed E-state index contributed by atoms with van der Waals surface area (Å²) in [6.07, 6.45) is -3.70. The SMILES string of the molecule is O=C(O)c1cnnn1-c1ccc(-c2ccccc2OC(F)(F)F)cc1. The number of nitrogens with zero attached hydrogens (tertiary/aromatic N) is 3. The molecule has 0 atom stereocenters. The quantitative estimate of drug-likeness (QED) is 0.780. The zero-order valence-electron chi connectivity index (χ0n) is 12.4. The first-order chi connectivity index (χ1) is 11.8. The summed E-state index contributed by atoms with van der Waals surface area (Å²) in [5.41, 5.74) is 1.01. The van der Waals surface area contributed by atoms with Gasteiger partial charge in [-0.05, 0) is 23.8 Å². The molecule has 0 aliphatic carbocycles. The molecule has 0 unspecified atom stereocenters. The van der Waals surface area contributed by atoms with Crippen LogP contribution in [0, 0.1) is 0 Å². The number of carboxylic acid groups (broad SMARTS) is 1. The first-order valence-electron chi connectivity index (χ1n) is 6.95. The maximum Gasteiger partial charge on any atom is 0.573 e. The topological polar surface area (TPSA) is 77.2 Å². The number of hydrogen-bond donors (Lipinski definition) is 1. The molecule has 1 heterocycles. The number of aromatic carboxylic acids is 1. The van der Waals surface area contributed by atoms with Gasteiger partial charge in [-0.3, -0.25) is 0 Å². The third-order valence-corrected chi connectivity index (χ3v) is 3.30. The first-order valence-corrected chi connectivity index (χ1v) is 6.95. The van der Waals surface area contributed by atoms with E-state index in [2.05, 4.69) is 15.0 Å². The summed E-state index contributed by atoms with van der Waals surface area (Å²) in [5, 5.41) is 16.3. The van der Waals surface area contributed by atoms with Crippen molar-refractivity contribution in [3.8, 4) is 22.6 Å². The summed E-state index contributed by atoms with van der Waals surface area (Å²) in [6.45, 7) is 0. The first kappa shape index (κ1) is 16.5. The van der Waals surface area contributed by atoms with Gasteiger partial charge in [0.15, 0.2) is 5.69 Å². The fraction of sp³-hybridized carbons (Fsp3) is 0.0625. The lowest BCUT2D eigenvalue weighted by Gasteiger charge is -2.13. The van der Waals surface area contributed by atoms with Gasteiger partial charge in [0.05, 0.1) is 11.9 Å². The molecule has 0 bridgehead atoms. The van der Waals surface area contributed by atoms with E-state index in [4.69, 9.17) is 5.11 Å². The number of hydrogen-bond acceptors (Lipinski definition) is 4. The smallest absolute Gasteiger partial charge is 0.476 e. The maximum atomic E-state index is 12.5. The number of para-hydroxylation sites is 1. The molecule has 3 aromatic rings. The van der Waals surface area contributed by atoms with E-state index in [1.54, 1.807) is 18.2 Å². The molecule has 0 saturated carbocycles. The van der Waals surface area contributed by atoms with Gasteiger partial charge in [0.1, 0.15) is 5.75 Å². The number of carboxylic acids is 1. The lowest BCUT2D eigenvalue weighted by molar-refractivity contribution is -0.274. The van der Waals surface area contributed by atoms with E-state index in [-0.39, 0.29) is 17.0 Å². The Morgan fingerprint density at radius 3 is 2.40 bits per heavy atom. The largest absolute Gasteiger partial charge is 0.573 e. The van der Waals surface area contributed by atoms with Gasteiger partial charge >= 0.3 is 12.3 Å². The summed E-state index contributed by atoms with van der Waals surface area (Å²) in [6, 6.07) is 11.9. The fourth-order valence-electron chi connectivity index (χ4n) is 2.27. The second kappa shape index (κ2) is 6.27. The van der Waals surface area contributed by atoms with Crippen molar-refractivity contribution in [3.63, 3.8) is 0 Å². The van der Waals surface area contributed by atoms with Crippen molar-refractivity contribution >= 4 is 5.97 Å². The number of alkyl halides is 3. The van der Waals surface area contributed by atoms with E-state index in [1.807, 2.05) is 0 Å². The van der Waals surface area contributed by atoms with E-state index < -0.39 is 12.3 Å². The third kappa shape index (κ3) is 3.60. The van der Waals surface area contributed by atoms with Crippen LogP contribution in [0.15, 0.2) is 54.7 Å². The third-order valence-electron chi connectivity index (χ3n) is 3.30. The van der Waals surface area contributed by atoms with Gasteiger partial charge in [0.2, 0.25) is 0 Å². The summed E-state index contributed by atoms with van der Waals surface area (Å²) in [5.74, 6) is -1.52. The Hall–Kier alpha value is -3.36. The maximum absolute atomic E-state index is 12.5. The standard InChI is InChI=1S/C16H10F3N3O3/c17-16(18,19)25-14-4-2-1-3-12(14)10-5-7-11(8-6-10)22-13(15(23)24)9-20-21-22/h1-9H,(H,23,24). The lowest BCUT2D eigenvalue weighted by atomic mass is 10.0. The Labute approximate surface area is 139 Å². The van der Waals surface area contributed by atoms with Crippen molar-refractivity contribution < 1.29 is 27.8 Å². The highest BCUT2D eigenvalue weighted by Crippen LogP contribution is 2.33. The van der Waals surface area contributed by atoms with Crippen molar-refractivity contribution in [1.29, 1.82) is 0 Å². The molecule has 128 valence electrons. The molecule has 0 radical (unpaired) electrons. The van der Waals surface area contributed by atoms with Crippen LogP contribution >= 0.6 is 0 Å². The summed E-state index contributed by atoms with van der Waals surface area (Å²) in [7, 11) is 0. The number of carbonyl (C=O) groups is 1. The second-order valence-corrected chi connectivity index (χ2v) is 4.93. The minimum atomic E-state index is -4.80. The molecule has 2 aromatic carbocycles. The van der Waals surface area contributed by atoms with Crippen LogP contribution in [0.2, 0.25) is 0 Å². The number of rotatable bonds is 4. The van der Waals surface area contributed by atoms with Crippen molar-refractivity contribution in [3.05, 3.63) is 60.4 Å². The van der Waals surface area contributed by atoms with Gasteiger partial charge in [0, 0.05) is 5.56 Å². The molecule has 25 heavy (non-hydrogen) atoms. The lowest BCUT2D eigenvalue weighted by Crippen LogP contribution is -2.17. The molecule has 0 saturated heterocycles. The minimum Gasteiger partial charge on any atom is -0.476 e.